The molecule has 1 amide bonds. The van der Waals surface area contributed by atoms with Crippen molar-refractivity contribution in [1.82, 2.24) is 9.47 Å². The Bertz CT molecular complexity index is 512. The van der Waals surface area contributed by atoms with E-state index in [0.717, 1.165) is 42.5 Å². The van der Waals surface area contributed by atoms with E-state index in [2.05, 4.69) is 32.3 Å². The Morgan fingerprint density at radius 2 is 2.24 bits per heavy atom. The number of fused-ring (bicyclic) bond motifs is 1. The second kappa shape index (κ2) is 6.53. The first kappa shape index (κ1) is 15.1. The molecular weight excluding hydrogens is 332 g/mol. The molecule has 1 aromatic rings. The van der Waals surface area contributed by atoms with Gasteiger partial charge in [-0.2, -0.15) is 0 Å². The highest BCUT2D eigenvalue weighted by Gasteiger charge is 2.37. The molecule has 0 aromatic carbocycles. The molecule has 2 unspecified atom stereocenters. The summed E-state index contributed by atoms with van der Waals surface area (Å²) in [5.74, 6) is 0.161. The summed E-state index contributed by atoms with van der Waals surface area (Å²) in [6.07, 6.45) is 7.87. The third-order valence-corrected chi connectivity index (χ3v) is 4.97. The molecule has 2 aliphatic rings. The summed E-state index contributed by atoms with van der Waals surface area (Å²) in [6.45, 7) is 4.40. The van der Waals surface area contributed by atoms with Gasteiger partial charge >= 0.3 is 0 Å². The van der Waals surface area contributed by atoms with Gasteiger partial charge in [-0.05, 0) is 41.3 Å². The summed E-state index contributed by atoms with van der Waals surface area (Å²) < 4.78 is 8.92. The number of aryl methyl sites for hydroxylation is 1. The summed E-state index contributed by atoms with van der Waals surface area (Å²) >= 11 is 3.50. The van der Waals surface area contributed by atoms with Crippen LogP contribution in [-0.2, 0) is 11.3 Å². The van der Waals surface area contributed by atoms with Gasteiger partial charge in [0.2, 0.25) is 0 Å². The largest absolute Gasteiger partial charge is 0.374 e. The van der Waals surface area contributed by atoms with Crippen LogP contribution in [0, 0.1) is 0 Å². The summed E-state index contributed by atoms with van der Waals surface area (Å²) in [4.78, 5) is 15.0. The molecule has 0 spiro atoms. The highest BCUT2D eigenvalue weighted by Crippen LogP contribution is 2.30. The average molecular weight is 355 g/mol. The number of carbonyl (C=O) groups excluding carboxylic acids is 1. The maximum absolute atomic E-state index is 13.0. The van der Waals surface area contributed by atoms with E-state index < -0.39 is 0 Å². The lowest BCUT2D eigenvalue weighted by Gasteiger charge is -2.43. The average Bonchev–Trinajstić information content (AvgIpc) is 2.87. The number of carbonyl (C=O) groups is 1. The van der Waals surface area contributed by atoms with E-state index in [0.29, 0.717) is 6.61 Å². The van der Waals surface area contributed by atoms with Crippen LogP contribution < -0.4 is 0 Å². The smallest absolute Gasteiger partial charge is 0.270 e. The lowest BCUT2D eigenvalue weighted by atomic mass is 9.90. The number of rotatable bonds is 3. The fraction of sp³-hybridized carbons (Fsp3) is 0.688. The van der Waals surface area contributed by atoms with Crippen molar-refractivity contribution in [2.45, 2.75) is 57.7 Å². The van der Waals surface area contributed by atoms with Gasteiger partial charge in [0.05, 0.1) is 18.8 Å². The summed E-state index contributed by atoms with van der Waals surface area (Å²) in [6, 6.07) is 2.22. The normalized spacial score (nSPS) is 25.7. The second-order valence-corrected chi connectivity index (χ2v) is 6.91. The molecule has 116 valence electrons. The van der Waals surface area contributed by atoms with Gasteiger partial charge in [0.25, 0.3) is 5.91 Å². The SMILES string of the molecule is CCCn1cc(Br)cc1C(=O)N1CCOC2CCCCC21. The molecule has 2 atom stereocenters. The highest BCUT2D eigenvalue weighted by molar-refractivity contribution is 9.10. The lowest BCUT2D eigenvalue weighted by molar-refractivity contribution is -0.0755. The first-order valence-electron chi connectivity index (χ1n) is 7.99. The number of halogens is 1. The van der Waals surface area contributed by atoms with Crippen molar-refractivity contribution >= 4 is 21.8 Å². The molecule has 0 N–H and O–H groups in total. The van der Waals surface area contributed by atoms with Gasteiger partial charge in [0, 0.05) is 23.8 Å². The molecule has 1 aromatic heterocycles. The molecule has 1 aliphatic carbocycles. The number of nitrogens with zero attached hydrogens (tertiary/aromatic N) is 2. The van der Waals surface area contributed by atoms with Crippen molar-refractivity contribution in [3.05, 3.63) is 22.4 Å². The molecule has 3 rings (SSSR count). The van der Waals surface area contributed by atoms with E-state index in [1.165, 1.54) is 12.8 Å². The highest BCUT2D eigenvalue weighted by atomic mass is 79.9. The van der Waals surface area contributed by atoms with Crippen molar-refractivity contribution in [1.29, 1.82) is 0 Å². The number of morpholine rings is 1. The van der Waals surface area contributed by atoms with Crippen molar-refractivity contribution in [3.8, 4) is 0 Å². The minimum Gasteiger partial charge on any atom is -0.374 e. The van der Waals surface area contributed by atoms with Crippen LogP contribution in [0.1, 0.15) is 49.5 Å². The van der Waals surface area contributed by atoms with Crippen molar-refractivity contribution in [2.75, 3.05) is 13.2 Å². The van der Waals surface area contributed by atoms with Crippen LogP contribution in [0.5, 0.6) is 0 Å². The molecular formula is C16H23BrN2O2. The van der Waals surface area contributed by atoms with E-state index in [4.69, 9.17) is 4.74 Å². The molecule has 0 bridgehead atoms. The van der Waals surface area contributed by atoms with E-state index in [1.807, 2.05) is 12.3 Å². The topological polar surface area (TPSA) is 34.5 Å². The van der Waals surface area contributed by atoms with Crippen LogP contribution >= 0.6 is 15.9 Å². The van der Waals surface area contributed by atoms with E-state index in [9.17, 15) is 4.79 Å². The van der Waals surface area contributed by atoms with Gasteiger partial charge in [-0.3, -0.25) is 4.79 Å². The van der Waals surface area contributed by atoms with Crippen LogP contribution in [0.3, 0.4) is 0 Å². The Hall–Kier alpha value is -0.810. The van der Waals surface area contributed by atoms with Crippen molar-refractivity contribution in [3.63, 3.8) is 0 Å². The van der Waals surface area contributed by atoms with E-state index in [-0.39, 0.29) is 18.1 Å². The third kappa shape index (κ3) is 3.04. The maximum Gasteiger partial charge on any atom is 0.270 e. The quantitative estimate of drug-likeness (QED) is 0.833. The van der Waals surface area contributed by atoms with Crippen LogP contribution in [0.2, 0.25) is 0 Å². The Morgan fingerprint density at radius 3 is 3.05 bits per heavy atom. The molecule has 4 nitrogen and oxygen atoms in total. The second-order valence-electron chi connectivity index (χ2n) is 6.00. The van der Waals surface area contributed by atoms with Crippen LogP contribution in [0.15, 0.2) is 16.7 Å². The van der Waals surface area contributed by atoms with Gasteiger partial charge in [0.15, 0.2) is 0 Å². The maximum atomic E-state index is 13.0. The van der Waals surface area contributed by atoms with Crippen molar-refractivity contribution < 1.29 is 9.53 Å². The molecule has 0 radical (unpaired) electrons. The molecule has 2 heterocycles. The van der Waals surface area contributed by atoms with Crippen LogP contribution in [0.25, 0.3) is 0 Å². The minimum absolute atomic E-state index is 0.161. The third-order valence-electron chi connectivity index (χ3n) is 4.54. The molecule has 1 saturated heterocycles. The summed E-state index contributed by atoms with van der Waals surface area (Å²) in [7, 11) is 0. The number of hydrogen-bond acceptors (Lipinski definition) is 2. The predicted molar refractivity (Wildman–Crippen MR) is 85.5 cm³/mol. The van der Waals surface area contributed by atoms with Crippen LogP contribution in [0.4, 0.5) is 0 Å². The molecule has 5 heteroatoms. The fourth-order valence-electron chi connectivity index (χ4n) is 3.58. The first-order valence-corrected chi connectivity index (χ1v) is 8.78. The molecule has 2 fully saturated rings. The number of aromatic nitrogens is 1. The fourth-order valence-corrected chi connectivity index (χ4v) is 4.04. The Morgan fingerprint density at radius 1 is 1.43 bits per heavy atom. The van der Waals surface area contributed by atoms with E-state index in [1.54, 1.807) is 0 Å². The Labute approximate surface area is 134 Å². The monoisotopic (exact) mass is 354 g/mol. The van der Waals surface area contributed by atoms with Gasteiger partial charge < -0.3 is 14.2 Å². The number of amides is 1. The van der Waals surface area contributed by atoms with Gasteiger partial charge in [-0.15, -0.1) is 0 Å². The number of hydrogen-bond donors (Lipinski definition) is 0. The lowest BCUT2D eigenvalue weighted by Crippen LogP contribution is -2.55. The zero-order chi connectivity index (χ0) is 14.8. The van der Waals surface area contributed by atoms with Gasteiger partial charge in [-0.25, -0.2) is 0 Å². The Balaban J connectivity index is 1.83. The zero-order valence-electron chi connectivity index (χ0n) is 12.6. The van der Waals surface area contributed by atoms with Gasteiger partial charge in [-0.1, -0.05) is 19.8 Å². The summed E-state index contributed by atoms with van der Waals surface area (Å²) in [5.41, 5.74) is 0.801. The van der Waals surface area contributed by atoms with Crippen molar-refractivity contribution in [2.24, 2.45) is 0 Å². The predicted octanol–water partition coefficient (Wildman–Crippen LogP) is 3.44. The molecule has 1 saturated carbocycles. The first-order chi connectivity index (χ1) is 10.2. The Kier molecular flexibility index (Phi) is 4.69. The number of ether oxygens (including phenoxy) is 1. The van der Waals surface area contributed by atoms with Gasteiger partial charge in [0.1, 0.15) is 5.69 Å². The minimum atomic E-state index is 0.161. The summed E-state index contributed by atoms with van der Waals surface area (Å²) in [5, 5.41) is 0. The molecule has 1 aliphatic heterocycles. The standard InChI is InChI=1S/C16H23BrN2O2/c1-2-7-18-11-12(17)10-14(18)16(20)19-8-9-21-15-6-4-3-5-13(15)19/h10-11,13,15H,2-9H2,1H3. The van der Waals surface area contributed by atoms with E-state index >= 15 is 0 Å². The van der Waals surface area contributed by atoms with Crippen LogP contribution in [-0.4, -0.2) is 40.7 Å². The zero-order valence-corrected chi connectivity index (χ0v) is 14.1. The molecule has 21 heavy (non-hydrogen) atoms.